The van der Waals surface area contributed by atoms with Crippen molar-refractivity contribution in [3.8, 4) is 24.3 Å². The van der Waals surface area contributed by atoms with Crippen molar-refractivity contribution in [2.24, 2.45) is 0 Å². The van der Waals surface area contributed by atoms with Gasteiger partial charge in [0.1, 0.15) is 23.2 Å². The largest absolute Gasteiger partial charge is 1.00 e. The molecule has 0 aromatic heterocycles. The second kappa shape index (κ2) is 20.3. The number of benzene rings is 5. The maximum absolute atomic E-state index is 9.89. The van der Waals surface area contributed by atoms with Crippen LogP contribution < -0.4 is 32.9 Å². The number of hydrogen-bond acceptors (Lipinski definition) is 4. The van der Waals surface area contributed by atoms with Gasteiger partial charge in [-0.2, -0.15) is 21.0 Å². The smallest absolute Gasteiger partial charge is 0.116 e. The summed E-state index contributed by atoms with van der Waals surface area (Å²) in [5, 5.41) is 42.2. The Kier molecular flexibility index (Phi) is 17.8. The number of hydrogen-bond donors (Lipinski definition) is 0. The van der Waals surface area contributed by atoms with Gasteiger partial charge in [-0.3, -0.25) is 0 Å². The van der Waals surface area contributed by atoms with E-state index in [1.54, 1.807) is 12.1 Å². The van der Waals surface area contributed by atoms with Crippen molar-refractivity contribution in [1.29, 1.82) is 21.0 Å². The van der Waals surface area contributed by atoms with Gasteiger partial charge in [0.05, 0.1) is 52.7 Å². The lowest BCUT2D eigenvalue weighted by Crippen LogP contribution is -3.00. The summed E-state index contributed by atoms with van der Waals surface area (Å²) in [5.41, 5.74) is 5.98. The lowest BCUT2D eigenvalue weighted by molar-refractivity contribution is -0.0000105. The van der Waals surface area contributed by atoms with Gasteiger partial charge in [0.25, 0.3) is 0 Å². The van der Waals surface area contributed by atoms with Crippen LogP contribution in [0.1, 0.15) is 59.4 Å². The van der Waals surface area contributed by atoms with Crippen LogP contribution >= 0.6 is 39.1 Å². The van der Waals surface area contributed by atoms with E-state index in [1.165, 1.54) is 15.9 Å². The predicted octanol–water partition coefficient (Wildman–Crippen LogP) is 6.73. The van der Waals surface area contributed by atoms with Crippen LogP contribution in [0.4, 0.5) is 0 Å². The minimum Gasteiger partial charge on any atom is -1.00 e. The van der Waals surface area contributed by atoms with Gasteiger partial charge in [0, 0.05) is 16.2 Å². The van der Waals surface area contributed by atoms with Crippen molar-refractivity contribution >= 4 is 55.0 Å². The second-order valence-corrected chi connectivity index (χ2v) is 14.8. The Morgan fingerprint density at radius 1 is 0.500 bits per heavy atom. The number of aryl methyl sites for hydroxylation is 1. The average Bonchev–Trinajstić information content (AvgIpc) is 3.11. The summed E-state index contributed by atoms with van der Waals surface area (Å²) in [5.74, 6) is 0. The number of nitrogens with zero attached hydrogens (tertiary/aromatic N) is 4. The Hall–Kier alpha value is -4.07. The van der Waals surface area contributed by atoms with Gasteiger partial charge in [0.2, 0.25) is 0 Å². The van der Waals surface area contributed by atoms with Crippen LogP contribution in [-0.4, -0.2) is 0 Å². The Morgan fingerprint density at radius 2 is 0.812 bits per heavy atom. The van der Waals surface area contributed by atoms with Crippen LogP contribution in [0.2, 0.25) is 0 Å². The van der Waals surface area contributed by atoms with Crippen LogP contribution in [0, 0.1) is 52.2 Å². The van der Waals surface area contributed by atoms with Crippen LogP contribution in [0.5, 0.6) is 0 Å². The molecule has 242 valence electrons. The average molecular weight is 843 g/mol. The van der Waals surface area contributed by atoms with Gasteiger partial charge in [-0.15, -0.1) is 0 Å². The Balaban J connectivity index is 0.000000579. The van der Waals surface area contributed by atoms with E-state index in [4.69, 9.17) is 10.5 Å². The van der Waals surface area contributed by atoms with E-state index in [0.29, 0.717) is 39.1 Å². The number of alkyl halides is 2. The molecule has 0 aliphatic carbocycles. The number of rotatable bonds is 7. The molecule has 8 heteroatoms. The summed E-state index contributed by atoms with van der Waals surface area (Å²) in [6.45, 7) is 1.89. The van der Waals surface area contributed by atoms with Crippen molar-refractivity contribution < 1.29 is 17.0 Å². The molecule has 0 amide bonds. The molecule has 0 N–H and O–H groups in total. The maximum atomic E-state index is 9.89. The Bertz CT molecular complexity index is 1820. The molecule has 5 aromatic rings. The monoisotopic (exact) mass is 840 g/mol. The van der Waals surface area contributed by atoms with Crippen molar-refractivity contribution in [2.45, 2.75) is 38.6 Å². The summed E-state index contributed by atoms with van der Waals surface area (Å²) in [7, 11) is -2.12. The van der Waals surface area contributed by atoms with Crippen LogP contribution in [0.3, 0.4) is 0 Å². The van der Waals surface area contributed by atoms with Crippen LogP contribution in [0.25, 0.3) is 0 Å². The third-order valence-electron chi connectivity index (χ3n) is 7.55. The highest BCUT2D eigenvalue weighted by molar-refractivity contribution is 9.08. The molecular weight excluding hydrogens is 807 g/mol. The summed E-state index contributed by atoms with van der Waals surface area (Å²) in [6.07, 6.45) is 0.683. The predicted molar refractivity (Wildman–Crippen MR) is 204 cm³/mol. The molecule has 0 atom stereocenters. The lowest BCUT2D eigenvalue weighted by atomic mass is 10.0. The molecule has 0 spiro atoms. The SMILES string of the molecule is C.C.Cc1cc(C#N)c(C[P+](c2ccccc2)(c2ccccc2)c2ccccc2)cc1C#N.N#Cc1cc(CBr)c(C#N)cc1CBr.[Br-]. The van der Waals surface area contributed by atoms with Crippen molar-refractivity contribution in [3.63, 3.8) is 0 Å². The zero-order valence-corrected chi connectivity index (χ0v) is 30.6. The first-order valence-corrected chi connectivity index (χ1v) is 18.2. The molecule has 48 heavy (non-hydrogen) atoms. The van der Waals surface area contributed by atoms with Gasteiger partial charge < -0.3 is 17.0 Å². The first-order valence-electron chi connectivity index (χ1n) is 14.0. The third kappa shape index (κ3) is 9.30. The molecule has 0 aliphatic rings. The second-order valence-electron chi connectivity index (χ2n) is 10.2. The molecule has 0 unspecified atom stereocenters. The van der Waals surface area contributed by atoms with Crippen molar-refractivity contribution in [1.82, 2.24) is 0 Å². The Morgan fingerprint density at radius 3 is 1.12 bits per heavy atom. The van der Waals surface area contributed by atoms with E-state index in [0.717, 1.165) is 22.3 Å². The van der Waals surface area contributed by atoms with E-state index >= 15 is 0 Å². The zero-order valence-electron chi connectivity index (χ0n) is 25.0. The fourth-order valence-electron chi connectivity index (χ4n) is 5.25. The van der Waals surface area contributed by atoms with Gasteiger partial charge in [-0.25, -0.2) is 0 Å². The summed E-state index contributed by atoms with van der Waals surface area (Å²) >= 11 is 6.57. The zero-order chi connectivity index (χ0) is 32.2. The number of halogens is 3. The first-order chi connectivity index (χ1) is 21.9. The summed E-state index contributed by atoms with van der Waals surface area (Å²) < 4.78 is 0. The molecular formula is C40H36Br3N4P. The molecule has 0 bridgehead atoms. The quantitative estimate of drug-likeness (QED) is 0.134. The third-order valence-corrected chi connectivity index (χ3v) is 13.1. The fourth-order valence-corrected chi connectivity index (χ4v) is 10.4. The standard InChI is InChI=1S/C28H22N2P.C10H6Br2N2.2CH4.BrH/c1-22-17-24(20-30)25(18-23(22)19-29)21-31(26-11-5-2-6-12-26,27-13-7-3-8-14-27)28-15-9-4-10-16-28;11-3-7-1-9(5-13)8(4-12)2-10(7)6-14;;;/h2-18H,21H2,1H3;1-2H,3-4H2;2*1H4;1H/q+1;;;;/p-1. The summed E-state index contributed by atoms with van der Waals surface area (Å²) in [4.78, 5) is 0. The van der Waals surface area contributed by atoms with Crippen LogP contribution in [-0.2, 0) is 16.8 Å². The van der Waals surface area contributed by atoms with Crippen LogP contribution in [0.15, 0.2) is 115 Å². The molecule has 0 radical (unpaired) electrons. The van der Waals surface area contributed by atoms with Crippen molar-refractivity contribution in [3.05, 3.63) is 160 Å². The van der Waals surface area contributed by atoms with Gasteiger partial charge in [0.15, 0.2) is 0 Å². The van der Waals surface area contributed by atoms with Crippen molar-refractivity contribution in [2.75, 3.05) is 0 Å². The van der Waals surface area contributed by atoms with E-state index < -0.39 is 7.26 Å². The van der Waals surface area contributed by atoms with E-state index in [1.807, 2.05) is 37.3 Å². The van der Waals surface area contributed by atoms with Gasteiger partial charge in [-0.05, 0) is 84.3 Å². The highest BCUT2D eigenvalue weighted by Crippen LogP contribution is 2.58. The Labute approximate surface area is 313 Å². The van der Waals surface area contributed by atoms with E-state index in [-0.39, 0.29) is 31.8 Å². The molecule has 0 fully saturated rings. The highest BCUT2D eigenvalue weighted by Gasteiger charge is 2.45. The molecule has 0 saturated heterocycles. The summed E-state index contributed by atoms with van der Waals surface area (Å²) in [6, 6.07) is 47.9. The molecule has 0 saturated carbocycles. The minimum atomic E-state index is -2.12. The fraction of sp³-hybridized carbons (Fsp3) is 0.150. The normalized spacial score (nSPS) is 9.65. The number of nitriles is 4. The highest BCUT2D eigenvalue weighted by atomic mass is 79.9. The molecule has 4 nitrogen and oxygen atoms in total. The molecule has 0 heterocycles. The van der Waals surface area contributed by atoms with E-state index in [2.05, 4.69) is 129 Å². The minimum absolute atomic E-state index is 0. The van der Waals surface area contributed by atoms with E-state index in [9.17, 15) is 10.5 Å². The molecule has 0 aliphatic heterocycles. The lowest BCUT2D eigenvalue weighted by Gasteiger charge is -2.28. The maximum Gasteiger partial charge on any atom is 0.116 e. The molecule has 5 rings (SSSR count). The van der Waals surface area contributed by atoms with Gasteiger partial charge >= 0.3 is 0 Å². The first kappa shape index (κ1) is 42.0. The molecule has 5 aromatic carbocycles. The topological polar surface area (TPSA) is 95.2 Å². The van der Waals surface area contributed by atoms with Gasteiger partial charge in [-0.1, -0.05) is 101 Å².